The Balaban J connectivity index is -0.000000469. The van der Waals surface area contributed by atoms with Gasteiger partial charge in [0.2, 0.25) is 0 Å². The van der Waals surface area contributed by atoms with Crippen LogP contribution in [-0.4, -0.2) is 66.1 Å². The van der Waals surface area contributed by atoms with Gasteiger partial charge in [0.15, 0.2) is 5.60 Å². The van der Waals surface area contributed by atoms with E-state index in [0.29, 0.717) is 12.8 Å². The van der Waals surface area contributed by atoms with Gasteiger partial charge in [0.05, 0.1) is 12.8 Å². The Kier molecular flexibility index (Phi) is 27.7. The molecule has 0 aromatic rings. The molecule has 0 saturated carbocycles. The molecule has 11 nitrogen and oxygen atoms in total. The molecule has 0 aliphatic rings. The Morgan fingerprint density at radius 2 is 0.730 bits per heavy atom. The minimum absolute atomic E-state index is 0.341. The van der Waals surface area contributed by atoms with Gasteiger partial charge >= 0.3 is 29.8 Å². The molecule has 0 aliphatic carbocycles. The molecular formula is C26H48O11. The normalized spacial score (nSPS) is 10.4. The van der Waals surface area contributed by atoms with E-state index >= 15 is 0 Å². The summed E-state index contributed by atoms with van der Waals surface area (Å²) in [5.74, 6) is -6.35. The first-order valence-electron chi connectivity index (χ1n) is 13.1. The molecule has 0 aliphatic heterocycles. The first kappa shape index (κ1) is 38.8. The fourth-order valence-corrected chi connectivity index (χ4v) is 3.18. The number of aliphatic carboxylic acids is 5. The van der Waals surface area contributed by atoms with Gasteiger partial charge in [-0.15, -0.1) is 0 Å². The standard InChI is InChI=1S/2C10H20O2.C6H8O7/c2*1-2-3-4-5-6-7-8-9-10(11)12;7-3(8)1-6(13,5(11)12)2-4(9)10/h2*2-9H2,1H3,(H,11,12);13H,1-2H2,(H,7,8)(H,9,10)(H,11,12). The highest BCUT2D eigenvalue weighted by molar-refractivity contribution is 5.88. The zero-order chi connectivity index (χ0) is 29.1. The number of rotatable bonds is 21. The molecular weight excluding hydrogens is 488 g/mol. The Morgan fingerprint density at radius 3 is 0.946 bits per heavy atom. The first-order valence-corrected chi connectivity index (χ1v) is 13.1. The zero-order valence-corrected chi connectivity index (χ0v) is 22.5. The van der Waals surface area contributed by atoms with Crippen molar-refractivity contribution in [3.05, 3.63) is 0 Å². The highest BCUT2D eigenvalue weighted by Gasteiger charge is 2.40. The Labute approximate surface area is 219 Å². The molecule has 11 heteroatoms. The number of carboxylic acids is 5. The average molecular weight is 537 g/mol. The van der Waals surface area contributed by atoms with E-state index in [1.807, 2.05) is 0 Å². The highest BCUT2D eigenvalue weighted by atomic mass is 16.4. The topological polar surface area (TPSA) is 207 Å². The van der Waals surface area contributed by atoms with Crippen LogP contribution in [0.4, 0.5) is 0 Å². The molecule has 218 valence electrons. The second kappa shape index (κ2) is 26.4. The summed E-state index contributed by atoms with van der Waals surface area (Å²) in [5, 5.41) is 50.5. The molecule has 0 rings (SSSR count). The minimum Gasteiger partial charge on any atom is -0.481 e. The number of unbranched alkanes of at least 4 members (excludes halogenated alkanes) is 12. The third-order valence-corrected chi connectivity index (χ3v) is 5.27. The SMILES string of the molecule is CCCCCCCCCC(=O)O.CCCCCCCCCC(=O)O.O=C(O)CC(O)(CC(=O)O)C(=O)O. The molecule has 0 spiro atoms. The molecule has 0 bridgehead atoms. The smallest absolute Gasteiger partial charge is 0.336 e. The molecule has 6 N–H and O–H groups in total. The molecule has 0 atom stereocenters. The van der Waals surface area contributed by atoms with Crippen LogP contribution in [0.3, 0.4) is 0 Å². The van der Waals surface area contributed by atoms with Crippen molar-refractivity contribution in [2.75, 3.05) is 0 Å². The number of carboxylic acid groups (broad SMARTS) is 5. The van der Waals surface area contributed by atoms with Crippen LogP contribution in [-0.2, 0) is 24.0 Å². The number of aliphatic hydroxyl groups is 1. The van der Waals surface area contributed by atoms with Crippen LogP contribution in [0.1, 0.15) is 129 Å². The second-order valence-corrected chi connectivity index (χ2v) is 9.01. The molecule has 0 amide bonds. The maximum absolute atomic E-state index is 10.3. The maximum atomic E-state index is 10.3. The van der Waals surface area contributed by atoms with E-state index < -0.39 is 48.3 Å². The van der Waals surface area contributed by atoms with Crippen LogP contribution in [0.2, 0.25) is 0 Å². The van der Waals surface area contributed by atoms with Crippen LogP contribution in [0, 0.1) is 0 Å². The van der Waals surface area contributed by atoms with Crippen LogP contribution in [0.5, 0.6) is 0 Å². The minimum atomic E-state index is -2.74. The molecule has 0 radical (unpaired) electrons. The van der Waals surface area contributed by atoms with E-state index in [2.05, 4.69) is 13.8 Å². The predicted molar refractivity (Wildman–Crippen MR) is 138 cm³/mol. The molecule has 0 unspecified atom stereocenters. The predicted octanol–water partition coefficient (Wildman–Crippen LogP) is 5.17. The van der Waals surface area contributed by atoms with E-state index in [-0.39, 0.29) is 0 Å². The average Bonchev–Trinajstić information content (AvgIpc) is 2.77. The molecule has 37 heavy (non-hydrogen) atoms. The van der Waals surface area contributed by atoms with E-state index in [1.54, 1.807) is 0 Å². The summed E-state index contributed by atoms with van der Waals surface area (Å²) in [4.78, 5) is 50.8. The third kappa shape index (κ3) is 33.3. The van der Waals surface area contributed by atoms with Crippen molar-refractivity contribution >= 4 is 29.8 Å². The second-order valence-electron chi connectivity index (χ2n) is 9.01. The molecule has 0 aromatic carbocycles. The van der Waals surface area contributed by atoms with Gasteiger partial charge in [-0.2, -0.15) is 0 Å². The number of hydrogen-bond donors (Lipinski definition) is 6. The maximum Gasteiger partial charge on any atom is 0.336 e. The van der Waals surface area contributed by atoms with Crippen LogP contribution < -0.4 is 0 Å². The third-order valence-electron chi connectivity index (χ3n) is 5.27. The quantitative estimate of drug-likeness (QED) is 0.105. The van der Waals surface area contributed by atoms with Crippen molar-refractivity contribution in [2.45, 2.75) is 135 Å². The van der Waals surface area contributed by atoms with Gasteiger partial charge in [0.1, 0.15) is 0 Å². The van der Waals surface area contributed by atoms with Crippen molar-refractivity contribution in [3.63, 3.8) is 0 Å². The summed E-state index contributed by atoms with van der Waals surface area (Å²) >= 11 is 0. The van der Waals surface area contributed by atoms with E-state index in [1.165, 1.54) is 64.2 Å². The van der Waals surface area contributed by atoms with E-state index in [4.69, 9.17) is 30.6 Å². The Bertz CT molecular complexity index is 588. The van der Waals surface area contributed by atoms with Gasteiger partial charge < -0.3 is 30.6 Å². The lowest BCUT2D eigenvalue weighted by atomic mass is 9.96. The summed E-state index contributed by atoms with van der Waals surface area (Å²) < 4.78 is 0. The monoisotopic (exact) mass is 536 g/mol. The molecule has 0 fully saturated rings. The van der Waals surface area contributed by atoms with Gasteiger partial charge in [-0.3, -0.25) is 19.2 Å². The molecule has 0 aromatic heterocycles. The first-order chi connectivity index (χ1) is 17.3. The molecule has 0 heterocycles. The molecule has 0 saturated heterocycles. The van der Waals surface area contributed by atoms with E-state index in [0.717, 1.165) is 25.7 Å². The van der Waals surface area contributed by atoms with Gasteiger partial charge in [-0.05, 0) is 12.8 Å². The number of hydrogen-bond acceptors (Lipinski definition) is 6. The summed E-state index contributed by atoms with van der Waals surface area (Å²) in [6, 6.07) is 0. The van der Waals surface area contributed by atoms with Gasteiger partial charge in [-0.25, -0.2) is 4.79 Å². The van der Waals surface area contributed by atoms with Crippen LogP contribution >= 0.6 is 0 Å². The zero-order valence-electron chi connectivity index (χ0n) is 22.5. The van der Waals surface area contributed by atoms with Crippen LogP contribution in [0.25, 0.3) is 0 Å². The summed E-state index contributed by atoms with van der Waals surface area (Å²) in [5.41, 5.74) is -2.74. The lowest BCUT2D eigenvalue weighted by Gasteiger charge is -2.18. The fourth-order valence-electron chi connectivity index (χ4n) is 3.18. The lowest BCUT2D eigenvalue weighted by molar-refractivity contribution is -0.170. The van der Waals surface area contributed by atoms with Gasteiger partial charge in [0, 0.05) is 12.8 Å². The Morgan fingerprint density at radius 1 is 0.459 bits per heavy atom. The highest BCUT2D eigenvalue weighted by Crippen LogP contribution is 2.15. The Hall–Kier alpha value is -2.69. The van der Waals surface area contributed by atoms with Gasteiger partial charge in [-0.1, -0.05) is 90.9 Å². The van der Waals surface area contributed by atoms with Gasteiger partial charge in [0.25, 0.3) is 0 Å². The summed E-state index contributed by atoms with van der Waals surface area (Å²) in [6.45, 7) is 4.40. The lowest BCUT2D eigenvalue weighted by Crippen LogP contribution is -2.42. The van der Waals surface area contributed by atoms with Crippen molar-refractivity contribution in [1.29, 1.82) is 0 Å². The van der Waals surface area contributed by atoms with Crippen molar-refractivity contribution < 1.29 is 54.6 Å². The van der Waals surface area contributed by atoms with E-state index in [9.17, 15) is 24.0 Å². The fraction of sp³-hybridized carbons (Fsp3) is 0.808. The van der Waals surface area contributed by atoms with Crippen molar-refractivity contribution in [3.8, 4) is 0 Å². The summed E-state index contributed by atoms with van der Waals surface area (Å²) in [6.07, 6.45) is 15.0. The summed E-state index contributed by atoms with van der Waals surface area (Å²) in [7, 11) is 0. The largest absolute Gasteiger partial charge is 0.481 e. The van der Waals surface area contributed by atoms with Crippen LogP contribution in [0.15, 0.2) is 0 Å². The van der Waals surface area contributed by atoms with Crippen molar-refractivity contribution in [2.24, 2.45) is 0 Å². The number of carbonyl (C=O) groups is 5. The van der Waals surface area contributed by atoms with Crippen molar-refractivity contribution in [1.82, 2.24) is 0 Å².